The second-order valence-electron chi connectivity index (χ2n) is 3.95. The highest BCUT2D eigenvalue weighted by Gasteiger charge is 2.21. The van der Waals surface area contributed by atoms with Gasteiger partial charge in [-0.15, -0.1) is 0 Å². The predicted octanol–water partition coefficient (Wildman–Crippen LogP) is 0.528. The van der Waals surface area contributed by atoms with E-state index >= 15 is 0 Å². The van der Waals surface area contributed by atoms with E-state index in [-0.39, 0.29) is 10.5 Å². The molecule has 0 aliphatic rings. The molecule has 0 saturated heterocycles. The van der Waals surface area contributed by atoms with Crippen LogP contribution in [0.15, 0.2) is 40.4 Å². The lowest BCUT2D eigenvalue weighted by Crippen LogP contribution is -2.29. The van der Waals surface area contributed by atoms with Gasteiger partial charge in [-0.1, -0.05) is 6.92 Å². The van der Waals surface area contributed by atoms with Crippen LogP contribution >= 0.6 is 0 Å². The van der Waals surface area contributed by atoms with Gasteiger partial charge in [0.1, 0.15) is 5.82 Å². The van der Waals surface area contributed by atoms with E-state index in [0.29, 0.717) is 12.2 Å². The largest absolute Gasteiger partial charge is 0.347 e. The molecule has 0 aliphatic heterocycles. The van der Waals surface area contributed by atoms with Crippen LogP contribution in [0.1, 0.15) is 25.2 Å². The van der Waals surface area contributed by atoms with Crippen LogP contribution in [0.2, 0.25) is 0 Å². The van der Waals surface area contributed by atoms with Crippen LogP contribution in [-0.4, -0.2) is 23.4 Å². The first-order valence-corrected chi connectivity index (χ1v) is 7.21. The third kappa shape index (κ3) is 3.09. The zero-order valence-corrected chi connectivity index (χ0v) is 11.1. The van der Waals surface area contributed by atoms with E-state index in [2.05, 4.69) is 19.7 Å². The fourth-order valence-electron chi connectivity index (χ4n) is 1.62. The average molecular weight is 282 g/mol. The zero-order chi connectivity index (χ0) is 13.9. The van der Waals surface area contributed by atoms with Gasteiger partial charge in [0.2, 0.25) is 15.6 Å². The van der Waals surface area contributed by atoms with Crippen molar-refractivity contribution < 1.29 is 8.42 Å². The van der Waals surface area contributed by atoms with Gasteiger partial charge in [-0.05, 0) is 12.5 Å². The SMILES string of the molecule is CCC(NS(=O)(=O)c1ccc(=O)[nH]c1)c1ncc[nH]1. The van der Waals surface area contributed by atoms with Crippen LogP contribution in [0, 0.1) is 0 Å². The average Bonchev–Trinajstić information content (AvgIpc) is 2.90. The molecule has 7 nitrogen and oxygen atoms in total. The van der Waals surface area contributed by atoms with Gasteiger partial charge >= 0.3 is 0 Å². The van der Waals surface area contributed by atoms with E-state index in [9.17, 15) is 13.2 Å². The van der Waals surface area contributed by atoms with Crippen molar-refractivity contribution in [1.29, 1.82) is 0 Å². The van der Waals surface area contributed by atoms with Crippen LogP contribution < -0.4 is 10.3 Å². The van der Waals surface area contributed by atoms with Crippen molar-refractivity contribution in [3.8, 4) is 0 Å². The molecule has 0 amide bonds. The second-order valence-corrected chi connectivity index (χ2v) is 5.66. The van der Waals surface area contributed by atoms with E-state index in [1.165, 1.54) is 18.3 Å². The summed E-state index contributed by atoms with van der Waals surface area (Å²) in [5.41, 5.74) is -0.350. The molecule has 0 aromatic carbocycles. The van der Waals surface area contributed by atoms with Gasteiger partial charge in [-0.2, -0.15) is 0 Å². The molecule has 0 saturated carbocycles. The van der Waals surface area contributed by atoms with Gasteiger partial charge in [0.15, 0.2) is 0 Å². The number of imidazole rings is 1. The Morgan fingerprint density at radius 1 is 1.37 bits per heavy atom. The van der Waals surface area contributed by atoms with E-state index in [0.717, 1.165) is 0 Å². The number of H-pyrrole nitrogens is 2. The van der Waals surface area contributed by atoms with E-state index < -0.39 is 16.1 Å². The first kappa shape index (κ1) is 13.5. The topological polar surface area (TPSA) is 108 Å². The Morgan fingerprint density at radius 2 is 2.16 bits per heavy atom. The molecule has 2 aromatic rings. The third-order valence-corrected chi connectivity index (χ3v) is 4.09. The Labute approximate surface area is 110 Å². The molecule has 8 heteroatoms. The van der Waals surface area contributed by atoms with Crippen LogP contribution in [-0.2, 0) is 10.0 Å². The summed E-state index contributed by atoms with van der Waals surface area (Å²) in [6.07, 6.45) is 4.91. The minimum absolute atomic E-state index is 0.0112. The van der Waals surface area contributed by atoms with Crippen molar-refractivity contribution in [2.24, 2.45) is 0 Å². The van der Waals surface area contributed by atoms with Gasteiger partial charge < -0.3 is 9.97 Å². The zero-order valence-electron chi connectivity index (χ0n) is 10.3. The van der Waals surface area contributed by atoms with Crippen molar-refractivity contribution in [3.05, 3.63) is 46.9 Å². The van der Waals surface area contributed by atoms with E-state index in [4.69, 9.17) is 0 Å². The molecule has 0 bridgehead atoms. The molecule has 2 heterocycles. The first-order chi connectivity index (χ1) is 9.03. The molecule has 2 aromatic heterocycles. The lowest BCUT2D eigenvalue weighted by Gasteiger charge is -2.14. The highest BCUT2D eigenvalue weighted by Crippen LogP contribution is 2.16. The Bertz CT molecular complexity index is 670. The Hall–Kier alpha value is -1.93. The summed E-state index contributed by atoms with van der Waals surface area (Å²) in [6.45, 7) is 1.85. The quantitative estimate of drug-likeness (QED) is 0.743. The molecule has 3 N–H and O–H groups in total. The smallest absolute Gasteiger partial charge is 0.247 e. The lowest BCUT2D eigenvalue weighted by atomic mass is 10.2. The molecule has 0 radical (unpaired) electrons. The number of aromatic amines is 2. The van der Waals surface area contributed by atoms with Crippen LogP contribution in [0.25, 0.3) is 0 Å². The molecule has 1 unspecified atom stereocenters. The lowest BCUT2D eigenvalue weighted by molar-refractivity contribution is 0.539. The summed E-state index contributed by atoms with van der Waals surface area (Å²) < 4.78 is 26.8. The van der Waals surface area contributed by atoms with Crippen molar-refractivity contribution >= 4 is 10.0 Å². The second kappa shape index (κ2) is 5.37. The number of hydrogen-bond donors (Lipinski definition) is 3. The first-order valence-electron chi connectivity index (χ1n) is 5.73. The standard InChI is InChI=1S/C11H14N4O3S/c1-2-9(11-12-5-6-13-11)15-19(17,18)8-3-4-10(16)14-7-8/h3-7,9,15H,2H2,1H3,(H,12,13)(H,14,16). The third-order valence-electron chi connectivity index (χ3n) is 2.62. The van der Waals surface area contributed by atoms with Gasteiger partial charge in [-0.3, -0.25) is 4.79 Å². The Kier molecular flexibility index (Phi) is 3.82. The number of pyridine rings is 1. The molecule has 0 spiro atoms. The van der Waals surface area contributed by atoms with Gasteiger partial charge in [0, 0.05) is 24.7 Å². The van der Waals surface area contributed by atoms with E-state index in [1.807, 2.05) is 6.92 Å². The maximum atomic E-state index is 12.1. The Morgan fingerprint density at radius 3 is 2.68 bits per heavy atom. The van der Waals surface area contributed by atoms with E-state index in [1.54, 1.807) is 12.4 Å². The van der Waals surface area contributed by atoms with Crippen molar-refractivity contribution in [2.75, 3.05) is 0 Å². The highest BCUT2D eigenvalue weighted by molar-refractivity contribution is 7.89. The van der Waals surface area contributed by atoms with Crippen molar-refractivity contribution in [2.45, 2.75) is 24.3 Å². The van der Waals surface area contributed by atoms with Gasteiger partial charge in [-0.25, -0.2) is 18.1 Å². The maximum absolute atomic E-state index is 12.1. The summed E-state index contributed by atoms with van der Waals surface area (Å²) in [6, 6.07) is 1.99. The molecule has 102 valence electrons. The fraction of sp³-hybridized carbons (Fsp3) is 0.273. The summed E-state index contributed by atoms with van der Waals surface area (Å²) in [5.74, 6) is 0.551. The van der Waals surface area contributed by atoms with Crippen LogP contribution in [0.4, 0.5) is 0 Å². The maximum Gasteiger partial charge on any atom is 0.247 e. The number of hydrogen-bond acceptors (Lipinski definition) is 4. The van der Waals surface area contributed by atoms with Crippen LogP contribution in [0.3, 0.4) is 0 Å². The van der Waals surface area contributed by atoms with Crippen molar-refractivity contribution in [3.63, 3.8) is 0 Å². The molecular formula is C11H14N4O3S. The Balaban J connectivity index is 2.25. The van der Waals surface area contributed by atoms with Gasteiger partial charge in [0.05, 0.1) is 10.9 Å². The minimum atomic E-state index is -3.69. The summed E-state index contributed by atoms with van der Waals surface area (Å²) in [5, 5.41) is 0. The van der Waals surface area contributed by atoms with Crippen molar-refractivity contribution in [1.82, 2.24) is 19.7 Å². The normalized spacial score (nSPS) is 13.3. The molecule has 0 aliphatic carbocycles. The number of nitrogens with one attached hydrogen (secondary N) is 3. The molecule has 2 rings (SSSR count). The summed E-state index contributed by atoms with van der Waals surface area (Å²) in [4.78, 5) is 20.2. The van der Waals surface area contributed by atoms with Crippen LogP contribution in [0.5, 0.6) is 0 Å². The number of rotatable bonds is 5. The predicted molar refractivity (Wildman–Crippen MR) is 69.0 cm³/mol. The molecule has 19 heavy (non-hydrogen) atoms. The molecular weight excluding hydrogens is 268 g/mol. The van der Waals surface area contributed by atoms with Gasteiger partial charge in [0.25, 0.3) is 0 Å². The summed E-state index contributed by atoms with van der Waals surface area (Å²) >= 11 is 0. The number of sulfonamides is 1. The fourth-order valence-corrected chi connectivity index (χ4v) is 2.87. The molecule has 0 fully saturated rings. The molecule has 1 atom stereocenters. The monoisotopic (exact) mass is 282 g/mol. The number of nitrogens with zero attached hydrogens (tertiary/aromatic N) is 1. The number of aromatic nitrogens is 3. The summed E-state index contributed by atoms with van der Waals surface area (Å²) in [7, 11) is -3.69. The minimum Gasteiger partial charge on any atom is -0.347 e. The highest BCUT2D eigenvalue weighted by atomic mass is 32.2.